The Morgan fingerprint density at radius 1 is 1.04 bits per heavy atom. The average molecular weight is 357 g/mol. The molecule has 3 rings (SSSR count). The van der Waals surface area contributed by atoms with Crippen LogP contribution in [0.3, 0.4) is 0 Å². The molecule has 1 N–H and O–H groups in total. The molecule has 1 aliphatic rings. The number of amides is 2. The van der Waals surface area contributed by atoms with Crippen LogP contribution >= 0.6 is 0 Å². The second-order valence-electron chi connectivity index (χ2n) is 6.29. The first-order valence-corrected chi connectivity index (χ1v) is 8.88. The number of rotatable bonds is 6. The third-order valence-electron chi connectivity index (χ3n) is 4.35. The van der Waals surface area contributed by atoms with Crippen molar-refractivity contribution in [1.29, 1.82) is 0 Å². The Morgan fingerprint density at radius 3 is 2.54 bits per heavy atom. The molecular weight excluding hydrogens is 333 g/mol. The van der Waals surface area contributed by atoms with E-state index in [4.69, 9.17) is 4.74 Å². The SMILES string of the molecule is O=C(NCCOc1cccc(F)c1)N1CCN(Cc2ccccc2)CC1. The van der Waals surface area contributed by atoms with Crippen molar-refractivity contribution < 1.29 is 13.9 Å². The number of nitrogens with one attached hydrogen (secondary N) is 1. The Morgan fingerprint density at radius 2 is 1.81 bits per heavy atom. The van der Waals surface area contributed by atoms with Crippen molar-refractivity contribution in [2.75, 3.05) is 39.3 Å². The summed E-state index contributed by atoms with van der Waals surface area (Å²) in [4.78, 5) is 16.4. The van der Waals surface area contributed by atoms with Gasteiger partial charge in [0.15, 0.2) is 0 Å². The number of ether oxygens (including phenoxy) is 1. The minimum absolute atomic E-state index is 0.0767. The van der Waals surface area contributed by atoms with E-state index in [1.807, 2.05) is 23.1 Å². The number of benzene rings is 2. The van der Waals surface area contributed by atoms with Gasteiger partial charge in [-0.25, -0.2) is 9.18 Å². The molecule has 0 aromatic heterocycles. The molecule has 0 saturated carbocycles. The predicted molar refractivity (Wildman–Crippen MR) is 98.6 cm³/mol. The van der Waals surface area contributed by atoms with Crippen molar-refractivity contribution in [3.63, 3.8) is 0 Å². The summed E-state index contributed by atoms with van der Waals surface area (Å²) < 4.78 is 18.5. The smallest absolute Gasteiger partial charge is 0.317 e. The lowest BCUT2D eigenvalue weighted by molar-refractivity contribution is 0.134. The predicted octanol–water partition coefficient (Wildman–Crippen LogP) is 2.73. The largest absolute Gasteiger partial charge is 0.492 e. The van der Waals surface area contributed by atoms with Crippen molar-refractivity contribution >= 4 is 6.03 Å². The molecule has 1 aliphatic heterocycles. The highest BCUT2D eigenvalue weighted by Gasteiger charge is 2.20. The van der Waals surface area contributed by atoms with Crippen molar-refractivity contribution in [3.8, 4) is 5.75 Å². The maximum Gasteiger partial charge on any atom is 0.317 e. The molecule has 0 radical (unpaired) electrons. The van der Waals surface area contributed by atoms with Gasteiger partial charge in [-0.15, -0.1) is 0 Å². The van der Waals surface area contributed by atoms with Gasteiger partial charge in [-0.1, -0.05) is 36.4 Å². The van der Waals surface area contributed by atoms with Crippen molar-refractivity contribution in [2.45, 2.75) is 6.54 Å². The molecule has 1 heterocycles. The lowest BCUT2D eigenvalue weighted by Gasteiger charge is -2.34. The highest BCUT2D eigenvalue weighted by atomic mass is 19.1. The van der Waals surface area contributed by atoms with Crippen LogP contribution < -0.4 is 10.1 Å². The molecule has 0 aliphatic carbocycles. The normalized spacial score (nSPS) is 14.9. The maximum atomic E-state index is 13.1. The Bertz CT molecular complexity index is 703. The molecule has 0 spiro atoms. The Balaban J connectivity index is 1.33. The van der Waals surface area contributed by atoms with Crippen LogP contribution in [0.4, 0.5) is 9.18 Å². The number of carbonyl (C=O) groups is 1. The van der Waals surface area contributed by atoms with Gasteiger partial charge in [0, 0.05) is 38.8 Å². The molecule has 6 heteroatoms. The molecule has 5 nitrogen and oxygen atoms in total. The van der Waals surface area contributed by atoms with Crippen LogP contribution in [0.2, 0.25) is 0 Å². The molecule has 1 fully saturated rings. The van der Waals surface area contributed by atoms with Gasteiger partial charge >= 0.3 is 6.03 Å². The van der Waals surface area contributed by atoms with Gasteiger partial charge in [-0.05, 0) is 17.7 Å². The van der Waals surface area contributed by atoms with E-state index >= 15 is 0 Å². The Labute approximate surface area is 153 Å². The summed E-state index contributed by atoms with van der Waals surface area (Å²) in [6.07, 6.45) is 0. The number of carbonyl (C=O) groups excluding carboxylic acids is 1. The monoisotopic (exact) mass is 357 g/mol. The van der Waals surface area contributed by atoms with Gasteiger partial charge in [0.05, 0.1) is 6.54 Å². The summed E-state index contributed by atoms with van der Waals surface area (Å²) in [5, 5.41) is 2.85. The number of piperazine rings is 1. The molecule has 2 amide bonds. The lowest BCUT2D eigenvalue weighted by atomic mass is 10.2. The van der Waals surface area contributed by atoms with Crippen LogP contribution in [0, 0.1) is 5.82 Å². The fourth-order valence-electron chi connectivity index (χ4n) is 2.95. The first-order valence-electron chi connectivity index (χ1n) is 8.88. The second-order valence-corrected chi connectivity index (χ2v) is 6.29. The second kappa shape index (κ2) is 9.20. The van der Waals surface area contributed by atoms with E-state index in [0.29, 0.717) is 32.0 Å². The summed E-state index contributed by atoms with van der Waals surface area (Å²) in [7, 11) is 0. The standard InChI is InChI=1S/C20H24FN3O2/c21-18-7-4-8-19(15-18)26-14-9-22-20(25)24-12-10-23(11-13-24)16-17-5-2-1-3-6-17/h1-8,15H,9-14,16H2,(H,22,25). The van der Waals surface area contributed by atoms with Crippen molar-refractivity contribution in [3.05, 3.63) is 66.0 Å². The number of hydrogen-bond donors (Lipinski definition) is 1. The Kier molecular flexibility index (Phi) is 6.44. The number of halogens is 1. The van der Waals surface area contributed by atoms with Gasteiger partial charge in [-0.3, -0.25) is 4.90 Å². The van der Waals surface area contributed by atoms with Crippen molar-refractivity contribution in [2.24, 2.45) is 0 Å². The summed E-state index contributed by atoms with van der Waals surface area (Å²) >= 11 is 0. The van der Waals surface area contributed by atoms with Gasteiger partial charge < -0.3 is 15.0 Å². The minimum atomic E-state index is -0.333. The molecule has 138 valence electrons. The summed E-state index contributed by atoms with van der Waals surface area (Å²) in [5.41, 5.74) is 1.29. The van der Waals surface area contributed by atoms with E-state index in [2.05, 4.69) is 22.3 Å². The first-order chi connectivity index (χ1) is 12.7. The fourth-order valence-corrected chi connectivity index (χ4v) is 2.95. The van der Waals surface area contributed by atoms with Gasteiger partial charge in [0.25, 0.3) is 0 Å². The van der Waals surface area contributed by atoms with Gasteiger partial charge in [0.1, 0.15) is 18.2 Å². The van der Waals surface area contributed by atoms with E-state index in [1.54, 1.807) is 12.1 Å². The molecule has 0 atom stereocenters. The van der Waals surface area contributed by atoms with E-state index < -0.39 is 0 Å². The zero-order chi connectivity index (χ0) is 18.2. The first kappa shape index (κ1) is 18.2. The van der Waals surface area contributed by atoms with E-state index in [9.17, 15) is 9.18 Å². The summed E-state index contributed by atoms with van der Waals surface area (Å²) in [6.45, 7) is 4.76. The lowest BCUT2D eigenvalue weighted by Crippen LogP contribution is -2.51. The number of nitrogens with zero attached hydrogens (tertiary/aromatic N) is 2. The third kappa shape index (κ3) is 5.46. The van der Waals surface area contributed by atoms with E-state index in [1.165, 1.54) is 17.7 Å². The van der Waals surface area contributed by atoms with Crippen LogP contribution in [0.15, 0.2) is 54.6 Å². The number of hydrogen-bond acceptors (Lipinski definition) is 3. The summed E-state index contributed by atoms with van der Waals surface area (Å²) in [6, 6.07) is 16.3. The zero-order valence-corrected chi connectivity index (χ0v) is 14.7. The quantitative estimate of drug-likeness (QED) is 0.809. The minimum Gasteiger partial charge on any atom is -0.492 e. The van der Waals surface area contributed by atoms with E-state index in [0.717, 1.165) is 19.6 Å². The third-order valence-corrected chi connectivity index (χ3v) is 4.35. The molecule has 2 aromatic carbocycles. The topological polar surface area (TPSA) is 44.8 Å². The molecule has 1 saturated heterocycles. The Hall–Kier alpha value is -2.60. The fraction of sp³-hybridized carbons (Fsp3) is 0.350. The molecule has 26 heavy (non-hydrogen) atoms. The van der Waals surface area contributed by atoms with Crippen LogP contribution in [0.1, 0.15) is 5.56 Å². The van der Waals surface area contributed by atoms with Crippen LogP contribution in [0.25, 0.3) is 0 Å². The summed E-state index contributed by atoms with van der Waals surface area (Å²) in [5.74, 6) is 0.133. The van der Waals surface area contributed by atoms with Crippen molar-refractivity contribution in [1.82, 2.24) is 15.1 Å². The van der Waals surface area contributed by atoms with Crippen LogP contribution in [0.5, 0.6) is 5.75 Å². The highest BCUT2D eigenvalue weighted by molar-refractivity contribution is 5.74. The molecule has 0 bridgehead atoms. The molecule has 0 unspecified atom stereocenters. The zero-order valence-electron chi connectivity index (χ0n) is 14.7. The molecular formula is C20H24FN3O2. The molecule has 2 aromatic rings. The van der Waals surface area contributed by atoms with Crippen LogP contribution in [-0.2, 0) is 6.54 Å². The van der Waals surface area contributed by atoms with E-state index in [-0.39, 0.29) is 11.8 Å². The average Bonchev–Trinajstić information content (AvgIpc) is 2.66. The number of urea groups is 1. The van der Waals surface area contributed by atoms with Crippen LogP contribution in [-0.4, -0.2) is 55.2 Å². The van der Waals surface area contributed by atoms with Gasteiger partial charge in [0.2, 0.25) is 0 Å². The highest BCUT2D eigenvalue weighted by Crippen LogP contribution is 2.11. The van der Waals surface area contributed by atoms with Gasteiger partial charge in [-0.2, -0.15) is 0 Å². The maximum absolute atomic E-state index is 13.1.